The molecule has 0 aliphatic rings. The average molecular weight is 545 g/mol. The number of nitrogens with zero attached hydrogens (tertiary/aromatic N) is 1. The van der Waals surface area contributed by atoms with Crippen molar-refractivity contribution in [3.05, 3.63) is 94.3 Å². The standard InChI is InChI=1S/C28H31ClF2N4O3/c1-2-18-5-3-6-19(11-18)16-32-17-25(36)24(14-20-12-21(30)15-22(31)13-20)35-27(38)9-8-26(37)34-23-7-4-10-33-28(23)29/h3-7,10-13,15,24-25,32,36H,2,8-9,14,16-17H2,1H3,(H,34,37)(H,35,38)/t24-,25+/m0/s1. The van der Waals surface area contributed by atoms with Crippen molar-refractivity contribution in [1.29, 1.82) is 0 Å². The zero-order valence-electron chi connectivity index (χ0n) is 21.0. The van der Waals surface area contributed by atoms with Crippen LogP contribution in [0.15, 0.2) is 60.8 Å². The second kappa shape index (κ2) is 14.5. The number of halogens is 3. The van der Waals surface area contributed by atoms with Crippen molar-refractivity contribution >= 4 is 29.1 Å². The van der Waals surface area contributed by atoms with Gasteiger partial charge in [-0.25, -0.2) is 13.8 Å². The van der Waals surface area contributed by atoms with Crippen molar-refractivity contribution in [2.24, 2.45) is 0 Å². The molecule has 0 radical (unpaired) electrons. The molecular formula is C28H31ClF2N4O3. The number of hydrogen-bond donors (Lipinski definition) is 4. The number of carbonyl (C=O) groups excluding carboxylic acids is 2. The predicted molar refractivity (Wildman–Crippen MR) is 143 cm³/mol. The normalized spacial score (nSPS) is 12.6. The van der Waals surface area contributed by atoms with Gasteiger partial charge in [0.15, 0.2) is 5.15 Å². The van der Waals surface area contributed by atoms with Gasteiger partial charge in [0.05, 0.1) is 17.8 Å². The number of rotatable bonds is 13. The van der Waals surface area contributed by atoms with E-state index >= 15 is 0 Å². The molecule has 0 aliphatic heterocycles. The van der Waals surface area contributed by atoms with Gasteiger partial charge in [-0.05, 0) is 53.8 Å². The first-order valence-electron chi connectivity index (χ1n) is 12.3. The maximum Gasteiger partial charge on any atom is 0.224 e. The molecule has 1 aromatic heterocycles. The number of carbonyl (C=O) groups is 2. The molecule has 0 aliphatic carbocycles. The van der Waals surface area contributed by atoms with Crippen LogP contribution in [0.3, 0.4) is 0 Å². The van der Waals surface area contributed by atoms with E-state index in [1.165, 1.54) is 11.8 Å². The quantitative estimate of drug-likeness (QED) is 0.242. The Morgan fingerprint density at radius 2 is 1.68 bits per heavy atom. The van der Waals surface area contributed by atoms with E-state index in [-0.39, 0.29) is 36.5 Å². The number of anilines is 1. The van der Waals surface area contributed by atoms with E-state index in [0.29, 0.717) is 12.2 Å². The van der Waals surface area contributed by atoms with Gasteiger partial charge in [0.1, 0.15) is 11.6 Å². The molecule has 3 aromatic rings. The molecule has 2 amide bonds. The lowest BCUT2D eigenvalue weighted by Crippen LogP contribution is -2.48. The molecule has 7 nitrogen and oxygen atoms in total. The zero-order chi connectivity index (χ0) is 27.5. The van der Waals surface area contributed by atoms with Gasteiger partial charge < -0.3 is 21.1 Å². The van der Waals surface area contributed by atoms with Crippen LogP contribution in [0.25, 0.3) is 0 Å². The van der Waals surface area contributed by atoms with Crippen molar-refractivity contribution in [2.45, 2.75) is 51.3 Å². The van der Waals surface area contributed by atoms with Gasteiger partial charge in [0.2, 0.25) is 11.8 Å². The fourth-order valence-electron chi connectivity index (χ4n) is 3.93. The fraction of sp³-hybridized carbons (Fsp3) is 0.321. The first-order chi connectivity index (χ1) is 18.2. The third kappa shape index (κ3) is 9.48. The molecule has 38 heavy (non-hydrogen) atoms. The highest BCUT2D eigenvalue weighted by Gasteiger charge is 2.23. The number of aryl methyl sites for hydroxylation is 1. The minimum absolute atomic E-state index is 0.00786. The van der Waals surface area contributed by atoms with Crippen LogP contribution < -0.4 is 16.0 Å². The number of aliphatic hydroxyl groups is 1. The first-order valence-corrected chi connectivity index (χ1v) is 12.7. The largest absolute Gasteiger partial charge is 0.390 e. The maximum atomic E-state index is 13.8. The lowest BCUT2D eigenvalue weighted by molar-refractivity contribution is -0.125. The fourth-order valence-corrected chi connectivity index (χ4v) is 4.10. The van der Waals surface area contributed by atoms with E-state index < -0.39 is 35.6 Å². The molecule has 0 saturated heterocycles. The molecule has 0 unspecified atom stereocenters. The SMILES string of the molecule is CCc1cccc(CNC[C@@H](O)[C@H](Cc2cc(F)cc(F)c2)NC(=O)CCC(=O)Nc2cccnc2Cl)c1. The average Bonchev–Trinajstić information content (AvgIpc) is 2.88. The second-order valence-corrected chi connectivity index (χ2v) is 9.28. The number of pyridine rings is 1. The Morgan fingerprint density at radius 1 is 0.974 bits per heavy atom. The summed E-state index contributed by atoms with van der Waals surface area (Å²) < 4.78 is 27.5. The molecule has 0 fully saturated rings. The topological polar surface area (TPSA) is 103 Å². The Morgan fingerprint density at radius 3 is 2.39 bits per heavy atom. The molecule has 2 aromatic carbocycles. The third-order valence-electron chi connectivity index (χ3n) is 5.88. The van der Waals surface area contributed by atoms with Gasteiger partial charge in [0.25, 0.3) is 0 Å². The van der Waals surface area contributed by atoms with E-state index in [4.69, 9.17) is 11.6 Å². The van der Waals surface area contributed by atoms with Gasteiger partial charge in [-0.2, -0.15) is 0 Å². The Kier molecular flexibility index (Phi) is 11.1. The molecule has 0 saturated carbocycles. The molecule has 0 bridgehead atoms. The van der Waals surface area contributed by atoms with E-state index in [9.17, 15) is 23.5 Å². The van der Waals surface area contributed by atoms with Gasteiger partial charge >= 0.3 is 0 Å². The third-order valence-corrected chi connectivity index (χ3v) is 6.18. The summed E-state index contributed by atoms with van der Waals surface area (Å²) in [6, 6.07) is 13.5. The van der Waals surface area contributed by atoms with E-state index in [0.717, 1.165) is 30.2 Å². The van der Waals surface area contributed by atoms with Crippen LogP contribution in [-0.2, 0) is 29.0 Å². The Hall–Kier alpha value is -3.40. The molecule has 10 heteroatoms. The molecule has 1 heterocycles. The van der Waals surface area contributed by atoms with Crippen molar-refractivity contribution < 1.29 is 23.5 Å². The number of nitrogens with one attached hydrogen (secondary N) is 3. The Balaban J connectivity index is 1.59. The lowest BCUT2D eigenvalue weighted by Gasteiger charge is -2.25. The summed E-state index contributed by atoms with van der Waals surface area (Å²) in [6.07, 6.45) is 1.01. The van der Waals surface area contributed by atoms with Crippen LogP contribution in [0.4, 0.5) is 14.5 Å². The summed E-state index contributed by atoms with van der Waals surface area (Å²) in [6.45, 7) is 2.69. The summed E-state index contributed by atoms with van der Waals surface area (Å²) in [5.41, 5.74) is 2.85. The number of hydrogen-bond acceptors (Lipinski definition) is 5. The summed E-state index contributed by atoms with van der Waals surface area (Å²) in [5, 5.41) is 19.5. The zero-order valence-corrected chi connectivity index (χ0v) is 21.8. The van der Waals surface area contributed by atoms with Crippen LogP contribution in [0.2, 0.25) is 5.15 Å². The summed E-state index contributed by atoms with van der Waals surface area (Å²) in [4.78, 5) is 28.8. The van der Waals surface area contributed by atoms with E-state index in [1.54, 1.807) is 12.1 Å². The molecule has 2 atom stereocenters. The maximum absolute atomic E-state index is 13.8. The molecule has 0 spiro atoms. The molecule has 202 valence electrons. The lowest BCUT2D eigenvalue weighted by atomic mass is 10.00. The summed E-state index contributed by atoms with van der Waals surface area (Å²) in [5.74, 6) is -2.43. The van der Waals surface area contributed by atoms with Crippen molar-refractivity contribution in [3.8, 4) is 0 Å². The van der Waals surface area contributed by atoms with Crippen molar-refractivity contribution in [2.75, 3.05) is 11.9 Å². The van der Waals surface area contributed by atoms with Crippen LogP contribution in [0, 0.1) is 11.6 Å². The van der Waals surface area contributed by atoms with E-state index in [1.807, 2.05) is 18.2 Å². The second-order valence-electron chi connectivity index (χ2n) is 8.92. The van der Waals surface area contributed by atoms with Crippen LogP contribution in [0.5, 0.6) is 0 Å². The number of benzene rings is 2. The van der Waals surface area contributed by atoms with Gasteiger partial charge in [-0.15, -0.1) is 0 Å². The highest BCUT2D eigenvalue weighted by atomic mass is 35.5. The highest BCUT2D eigenvalue weighted by molar-refractivity contribution is 6.32. The number of aromatic nitrogens is 1. The first kappa shape index (κ1) is 29.2. The van der Waals surface area contributed by atoms with Crippen molar-refractivity contribution in [1.82, 2.24) is 15.6 Å². The summed E-state index contributed by atoms with van der Waals surface area (Å²) >= 11 is 5.94. The molecular weight excluding hydrogens is 514 g/mol. The number of amides is 2. The Labute approximate surface area is 225 Å². The highest BCUT2D eigenvalue weighted by Crippen LogP contribution is 2.18. The molecule has 4 N–H and O–H groups in total. The van der Waals surface area contributed by atoms with Crippen LogP contribution in [-0.4, -0.2) is 40.6 Å². The van der Waals surface area contributed by atoms with Gasteiger partial charge in [-0.1, -0.05) is 42.8 Å². The predicted octanol–water partition coefficient (Wildman–Crippen LogP) is 4.17. The van der Waals surface area contributed by atoms with E-state index in [2.05, 4.69) is 33.9 Å². The number of aliphatic hydroxyl groups excluding tert-OH is 1. The van der Waals surface area contributed by atoms with Crippen LogP contribution >= 0.6 is 11.6 Å². The smallest absolute Gasteiger partial charge is 0.224 e. The monoisotopic (exact) mass is 544 g/mol. The minimum atomic E-state index is -1.07. The Bertz CT molecular complexity index is 1220. The summed E-state index contributed by atoms with van der Waals surface area (Å²) in [7, 11) is 0. The van der Waals surface area contributed by atoms with Gasteiger partial charge in [0, 0.05) is 38.2 Å². The minimum Gasteiger partial charge on any atom is -0.390 e. The van der Waals surface area contributed by atoms with Gasteiger partial charge in [-0.3, -0.25) is 9.59 Å². The van der Waals surface area contributed by atoms with Crippen LogP contribution in [0.1, 0.15) is 36.5 Å². The molecule has 3 rings (SSSR count). The van der Waals surface area contributed by atoms with Crippen molar-refractivity contribution in [3.63, 3.8) is 0 Å².